The number of nitrogens with zero attached hydrogens (tertiary/aromatic N) is 8. The minimum absolute atomic E-state index is 0.131. The Kier molecular flexibility index (Phi) is 6.22. The van der Waals surface area contributed by atoms with E-state index < -0.39 is 5.54 Å². The Balaban J connectivity index is 1.87. The van der Waals surface area contributed by atoms with Gasteiger partial charge in [0.15, 0.2) is 0 Å². The zero-order valence-electron chi connectivity index (χ0n) is 19.6. The molecule has 1 fully saturated rings. The SMILES string of the molecule is Cc1nnn(C)c1-c1ccccc1C(C1CCOCC1)C1CN(C)N=C1C(C)(C)N=[N+]=[N-]. The fraction of sp³-hybridized carbons (Fsp3) is 0.609. The topological polar surface area (TPSA) is 104 Å². The highest BCUT2D eigenvalue weighted by molar-refractivity contribution is 5.97. The van der Waals surface area contributed by atoms with Crippen LogP contribution in [0.15, 0.2) is 34.5 Å². The predicted molar refractivity (Wildman–Crippen MR) is 124 cm³/mol. The van der Waals surface area contributed by atoms with E-state index in [1.54, 1.807) is 0 Å². The van der Waals surface area contributed by atoms with Crippen molar-refractivity contribution in [3.8, 4) is 11.3 Å². The van der Waals surface area contributed by atoms with Crippen LogP contribution in [0.2, 0.25) is 0 Å². The van der Waals surface area contributed by atoms with Crippen molar-refractivity contribution in [1.29, 1.82) is 0 Å². The summed E-state index contributed by atoms with van der Waals surface area (Å²) in [6.45, 7) is 8.25. The Labute approximate surface area is 189 Å². The first-order valence-electron chi connectivity index (χ1n) is 11.2. The highest BCUT2D eigenvalue weighted by Crippen LogP contribution is 2.46. The molecule has 0 spiro atoms. The molecular weight excluding hydrogens is 404 g/mol. The van der Waals surface area contributed by atoms with Gasteiger partial charge in [-0.2, -0.15) is 5.10 Å². The standard InChI is InChI=1S/C23H32N8O/c1-15-21(31(5)29-25-15)18-9-7-6-8-17(18)20(16-10-12-32-13-11-16)19-14-30(4)26-22(19)23(2,3)27-28-24/h6-9,16,19-20H,10-14H2,1-5H3. The van der Waals surface area contributed by atoms with Crippen LogP contribution < -0.4 is 0 Å². The van der Waals surface area contributed by atoms with Gasteiger partial charge in [-0.25, -0.2) is 4.68 Å². The van der Waals surface area contributed by atoms with Gasteiger partial charge in [-0.15, -0.1) is 5.10 Å². The molecule has 1 aromatic carbocycles. The summed E-state index contributed by atoms with van der Waals surface area (Å²) in [6.07, 6.45) is 1.99. The molecule has 4 rings (SSSR count). The van der Waals surface area contributed by atoms with Gasteiger partial charge in [-0.05, 0) is 56.5 Å². The lowest BCUT2D eigenvalue weighted by molar-refractivity contribution is 0.0530. The van der Waals surface area contributed by atoms with Crippen LogP contribution in [0.4, 0.5) is 0 Å². The molecule has 1 aromatic heterocycles. The van der Waals surface area contributed by atoms with Crippen LogP contribution in [0.1, 0.15) is 43.9 Å². The van der Waals surface area contributed by atoms with Gasteiger partial charge in [0.25, 0.3) is 0 Å². The van der Waals surface area contributed by atoms with Gasteiger partial charge in [0.05, 0.1) is 22.6 Å². The molecule has 9 nitrogen and oxygen atoms in total. The fourth-order valence-corrected chi connectivity index (χ4v) is 5.40. The molecule has 0 bridgehead atoms. The maximum Gasteiger partial charge on any atom is 0.0914 e. The van der Waals surface area contributed by atoms with Gasteiger partial charge >= 0.3 is 0 Å². The van der Waals surface area contributed by atoms with Crippen LogP contribution in [0.3, 0.4) is 0 Å². The number of rotatable bonds is 6. The Morgan fingerprint density at radius 3 is 2.59 bits per heavy atom. The molecule has 2 aliphatic rings. The van der Waals surface area contributed by atoms with Crippen molar-refractivity contribution in [2.75, 3.05) is 26.8 Å². The molecule has 0 radical (unpaired) electrons. The quantitative estimate of drug-likeness (QED) is 0.382. The number of hydrogen-bond acceptors (Lipinski definition) is 6. The second-order valence-corrected chi connectivity index (χ2v) is 9.39. The monoisotopic (exact) mass is 436 g/mol. The normalized spacial score (nSPS) is 20.7. The van der Waals surface area contributed by atoms with E-state index in [9.17, 15) is 5.53 Å². The molecule has 2 atom stereocenters. The number of azide groups is 1. The summed E-state index contributed by atoms with van der Waals surface area (Å²) in [5.41, 5.74) is 13.8. The number of ether oxygens (including phenoxy) is 1. The van der Waals surface area contributed by atoms with E-state index >= 15 is 0 Å². The molecule has 2 unspecified atom stereocenters. The minimum Gasteiger partial charge on any atom is -0.381 e. The maximum atomic E-state index is 9.21. The Morgan fingerprint density at radius 2 is 1.94 bits per heavy atom. The summed E-state index contributed by atoms with van der Waals surface area (Å²) in [5, 5.41) is 19.5. The molecule has 0 amide bonds. The summed E-state index contributed by atoms with van der Waals surface area (Å²) in [4.78, 5) is 3.12. The highest BCUT2D eigenvalue weighted by atomic mass is 16.5. The molecule has 0 saturated carbocycles. The van der Waals surface area contributed by atoms with Crippen molar-refractivity contribution in [3.63, 3.8) is 0 Å². The van der Waals surface area contributed by atoms with Crippen LogP contribution in [0.5, 0.6) is 0 Å². The minimum atomic E-state index is -0.702. The lowest BCUT2D eigenvalue weighted by Crippen LogP contribution is -2.40. The predicted octanol–water partition coefficient (Wildman–Crippen LogP) is 4.31. The summed E-state index contributed by atoms with van der Waals surface area (Å²) in [6, 6.07) is 8.59. The molecule has 32 heavy (non-hydrogen) atoms. The van der Waals surface area contributed by atoms with Gasteiger partial charge in [0.2, 0.25) is 0 Å². The van der Waals surface area contributed by atoms with Gasteiger partial charge in [-0.3, -0.25) is 5.01 Å². The third-order valence-electron chi connectivity index (χ3n) is 6.79. The van der Waals surface area contributed by atoms with Crippen molar-refractivity contribution in [1.82, 2.24) is 20.0 Å². The van der Waals surface area contributed by atoms with Crippen LogP contribution in [-0.2, 0) is 11.8 Å². The van der Waals surface area contributed by atoms with E-state index in [0.717, 1.165) is 55.3 Å². The summed E-state index contributed by atoms with van der Waals surface area (Å²) < 4.78 is 7.57. The molecule has 3 heterocycles. The average molecular weight is 437 g/mol. The molecule has 0 N–H and O–H groups in total. The van der Waals surface area contributed by atoms with Gasteiger partial charge in [0.1, 0.15) is 0 Å². The van der Waals surface area contributed by atoms with Crippen LogP contribution >= 0.6 is 0 Å². The Morgan fingerprint density at radius 1 is 1.22 bits per heavy atom. The number of benzene rings is 1. The Hall–Kier alpha value is -2.90. The molecular formula is C23H32N8O. The molecule has 2 aliphatic heterocycles. The third kappa shape index (κ3) is 4.10. The molecule has 1 saturated heterocycles. The zero-order chi connectivity index (χ0) is 22.9. The maximum absolute atomic E-state index is 9.21. The fourth-order valence-electron chi connectivity index (χ4n) is 5.40. The number of hydrazone groups is 1. The lowest BCUT2D eigenvalue weighted by Gasteiger charge is -2.38. The van der Waals surface area contributed by atoms with E-state index in [0.29, 0.717) is 5.92 Å². The van der Waals surface area contributed by atoms with Crippen molar-refractivity contribution in [2.45, 2.75) is 45.1 Å². The second-order valence-electron chi connectivity index (χ2n) is 9.39. The van der Waals surface area contributed by atoms with Gasteiger partial charge < -0.3 is 4.74 Å². The lowest BCUT2D eigenvalue weighted by atomic mass is 9.68. The van der Waals surface area contributed by atoms with Crippen LogP contribution in [0.25, 0.3) is 21.7 Å². The summed E-state index contributed by atoms with van der Waals surface area (Å²) in [7, 11) is 3.94. The molecule has 9 heteroatoms. The molecule has 170 valence electrons. The first kappa shape index (κ1) is 22.3. The smallest absolute Gasteiger partial charge is 0.0914 e. The largest absolute Gasteiger partial charge is 0.381 e. The number of aryl methyl sites for hydroxylation is 2. The first-order valence-corrected chi connectivity index (χ1v) is 11.2. The van der Waals surface area contributed by atoms with Crippen molar-refractivity contribution in [3.05, 3.63) is 46.0 Å². The zero-order valence-corrected chi connectivity index (χ0v) is 19.6. The van der Waals surface area contributed by atoms with E-state index in [4.69, 9.17) is 9.84 Å². The van der Waals surface area contributed by atoms with E-state index in [1.807, 2.05) is 44.6 Å². The molecule has 2 aromatic rings. The van der Waals surface area contributed by atoms with Crippen LogP contribution in [0, 0.1) is 18.8 Å². The highest BCUT2D eigenvalue weighted by Gasteiger charge is 2.44. The number of hydrogen-bond donors (Lipinski definition) is 0. The van der Waals surface area contributed by atoms with Crippen molar-refractivity contribution < 1.29 is 4.74 Å². The third-order valence-corrected chi connectivity index (χ3v) is 6.79. The van der Waals surface area contributed by atoms with Crippen LogP contribution in [-0.4, -0.2) is 58.1 Å². The summed E-state index contributed by atoms with van der Waals surface area (Å²) in [5.74, 6) is 0.780. The Bertz CT molecular complexity index is 1030. The van der Waals surface area contributed by atoms with Gasteiger partial charge in [-0.1, -0.05) is 34.6 Å². The number of aromatic nitrogens is 3. The van der Waals surface area contributed by atoms with Gasteiger partial charge in [0, 0.05) is 50.2 Å². The van der Waals surface area contributed by atoms with E-state index in [2.05, 4.69) is 44.6 Å². The molecule has 0 aliphatic carbocycles. The second kappa shape index (κ2) is 8.92. The first-order chi connectivity index (χ1) is 15.3. The van der Waals surface area contributed by atoms with E-state index in [1.165, 1.54) is 5.56 Å². The summed E-state index contributed by atoms with van der Waals surface area (Å²) >= 11 is 0. The van der Waals surface area contributed by atoms with Crippen molar-refractivity contribution >= 4 is 5.71 Å². The average Bonchev–Trinajstić information content (AvgIpc) is 3.32. The van der Waals surface area contributed by atoms with Crippen molar-refractivity contribution in [2.24, 2.45) is 29.1 Å². The van der Waals surface area contributed by atoms with E-state index in [-0.39, 0.29) is 11.8 Å².